The summed E-state index contributed by atoms with van der Waals surface area (Å²) >= 11 is 0. The third kappa shape index (κ3) is 9.76. The van der Waals surface area contributed by atoms with Crippen molar-refractivity contribution in [2.24, 2.45) is 0 Å². The van der Waals surface area contributed by atoms with Crippen molar-refractivity contribution in [3.8, 4) is 22.3 Å². The first-order valence-corrected chi connectivity index (χ1v) is 28.0. The standard InChI is InChI=1S/C78H56N4/c1-6-21-64(22-7-1)79(65-23-8-2-9-24-65)69-43-35-57(36-44-69)59-39-47-71(48-40-59)81(68-29-14-5-15-30-68)73-51-53-75-62(55-73)33-34-63-56-74(52-54-76(63)75)82(78-32-18-20-61-19-16-17-31-77(61)78)72-49-41-60(42-50-72)58-37-45-70(46-38-58)80(66-25-10-3-11-26-66)67-27-12-4-13-28-67/h1-56H. The predicted molar refractivity (Wildman–Crippen MR) is 349 cm³/mol. The Morgan fingerprint density at radius 2 is 0.415 bits per heavy atom. The van der Waals surface area contributed by atoms with Crippen LogP contribution in [0.4, 0.5) is 68.2 Å². The molecule has 0 aliphatic heterocycles. The van der Waals surface area contributed by atoms with Crippen molar-refractivity contribution in [2.75, 3.05) is 19.6 Å². The number of rotatable bonds is 14. The molecule has 82 heavy (non-hydrogen) atoms. The van der Waals surface area contributed by atoms with Gasteiger partial charge in [0.2, 0.25) is 0 Å². The number of hydrogen-bond acceptors (Lipinski definition) is 4. The van der Waals surface area contributed by atoms with E-state index in [1.165, 1.54) is 32.3 Å². The minimum Gasteiger partial charge on any atom is -0.311 e. The van der Waals surface area contributed by atoms with Crippen LogP contribution in [-0.2, 0) is 0 Å². The maximum Gasteiger partial charge on any atom is 0.0540 e. The van der Waals surface area contributed by atoms with E-state index in [2.05, 4.69) is 359 Å². The third-order valence-electron chi connectivity index (χ3n) is 15.6. The van der Waals surface area contributed by atoms with Crippen LogP contribution in [0.15, 0.2) is 340 Å². The zero-order valence-electron chi connectivity index (χ0n) is 45.1. The zero-order chi connectivity index (χ0) is 54.6. The molecule has 0 saturated carbocycles. The Morgan fingerprint density at radius 3 is 0.780 bits per heavy atom. The van der Waals surface area contributed by atoms with Crippen LogP contribution in [0.2, 0.25) is 0 Å². The van der Waals surface area contributed by atoms with Gasteiger partial charge in [0.05, 0.1) is 5.69 Å². The summed E-state index contributed by atoms with van der Waals surface area (Å²) in [7, 11) is 0. The highest BCUT2D eigenvalue weighted by Gasteiger charge is 2.20. The second kappa shape index (κ2) is 22.1. The fraction of sp³-hybridized carbons (Fsp3) is 0. The van der Waals surface area contributed by atoms with E-state index in [0.29, 0.717) is 0 Å². The molecule has 0 unspecified atom stereocenters. The molecule has 0 amide bonds. The Kier molecular flexibility index (Phi) is 13.3. The van der Waals surface area contributed by atoms with E-state index in [1.54, 1.807) is 0 Å². The fourth-order valence-electron chi connectivity index (χ4n) is 11.6. The first kappa shape index (κ1) is 49.4. The van der Waals surface area contributed by atoms with E-state index >= 15 is 0 Å². The minimum atomic E-state index is 1.08. The molecule has 0 aromatic heterocycles. The highest BCUT2D eigenvalue weighted by atomic mass is 15.2. The number of nitrogens with zero attached hydrogens (tertiary/aromatic N) is 4. The van der Waals surface area contributed by atoms with Gasteiger partial charge in [0.15, 0.2) is 0 Å². The second-order valence-corrected chi connectivity index (χ2v) is 20.6. The quantitative estimate of drug-likeness (QED) is 0.101. The summed E-state index contributed by atoms with van der Waals surface area (Å²) in [5.41, 5.74) is 17.9. The lowest BCUT2D eigenvalue weighted by molar-refractivity contribution is 1.28. The highest BCUT2D eigenvalue weighted by Crippen LogP contribution is 2.44. The third-order valence-corrected chi connectivity index (χ3v) is 15.6. The van der Waals surface area contributed by atoms with Crippen LogP contribution in [0.3, 0.4) is 0 Å². The SMILES string of the molecule is c1ccc(N(c2ccccc2)c2ccc(-c3ccc(N(c4ccccc4)c4ccc5c(ccc6cc(N(c7ccc(-c8ccc(N(c9ccccc9)c9ccccc9)cc8)cc7)c7cccc8ccccc78)ccc65)c4)cc3)cc2)cc1. The molecular formula is C78H56N4. The first-order valence-electron chi connectivity index (χ1n) is 28.0. The molecule has 4 heteroatoms. The van der Waals surface area contributed by atoms with Crippen LogP contribution in [0.5, 0.6) is 0 Å². The van der Waals surface area contributed by atoms with E-state index in [4.69, 9.17) is 0 Å². The predicted octanol–water partition coefficient (Wildman–Crippen LogP) is 22.4. The minimum absolute atomic E-state index is 1.08. The molecule has 0 saturated heterocycles. The van der Waals surface area contributed by atoms with Crippen LogP contribution in [0.25, 0.3) is 54.6 Å². The highest BCUT2D eigenvalue weighted by molar-refractivity contribution is 6.10. The molecule has 0 N–H and O–H groups in total. The van der Waals surface area contributed by atoms with E-state index < -0.39 is 0 Å². The Bertz CT molecular complexity index is 4380. The van der Waals surface area contributed by atoms with Gasteiger partial charge >= 0.3 is 0 Å². The van der Waals surface area contributed by atoms with E-state index in [1.807, 2.05) is 0 Å². The number of benzene rings is 14. The van der Waals surface area contributed by atoms with E-state index in [0.717, 1.165) is 90.5 Å². The summed E-state index contributed by atoms with van der Waals surface area (Å²) in [4.78, 5) is 9.35. The number of anilines is 12. The number of fused-ring (bicyclic) bond motifs is 4. The molecular weight excluding hydrogens is 993 g/mol. The van der Waals surface area contributed by atoms with Gasteiger partial charge < -0.3 is 19.6 Å². The average molecular weight is 1050 g/mol. The molecule has 0 fully saturated rings. The topological polar surface area (TPSA) is 13.0 Å². The maximum atomic E-state index is 2.41. The molecule has 14 aromatic rings. The molecule has 0 heterocycles. The van der Waals surface area contributed by atoms with Crippen molar-refractivity contribution in [1.82, 2.24) is 0 Å². The molecule has 0 spiro atoms. The fourth-order valence-corrected chi connectivity index (χ4v) is 11.6. The Morgan fingerprint density at radius 1 is 0.146 bits per heavy atom. The monoisotopic (exact) mass is 1050 g/mol. The van der Waals surface area contributed by atoms with Gasteiger partial charge in [-0.15, -0.1) is 0 Å². The first-order chi connectivity index (χ1) is 40.7. The molecule has 14 aromatic carbocycles. The molecule has 4 nitrogen and oxygen atoms in total. The summed E-state index contributed by atoms with van der Waals surface area (Å²) in [5, 5.41) is 7.16. The lowest BCUT2D eigenvalue weighted by atomic mass is 9.99. The molecule has 388 valence electrons. The van der Waals surface area contributed by atoms with Crippen molar-refractivity contribution in [1.29, 1.82) is 0 Å². The van der Waals surface area contributed by atoms with Gasteiger partial charge in [-0.05, 0) is 189 Å². The summed E-state index contributed by atoms with van der Waals surface area (Å²) in [6.07, 6.45) is 0. The van der Waals surface area contributed by atoms with Gasteiger partial charge in [-0.25, -0.2) is 0 Å². The normalized spacial score (nSPS) is 11.2. The largest absolute Gasteiger partial charge is 0.311 e. The molecule has 0 radical (unpaired) electrons. The van der Waals surface area contributed by atoms with Gasteiger partial charge in [-0.2, -0.15) is 0 Å². The van der Waals surface area contributed by atoms with Crippen molar-refractivity contribution in [3.05, 3.63) is 340 Å². The summed E-state index contributed by atoms with van der Waals surface area (Å²) in [5.74, 6) is 0. The second-order valence-electron chi connectivity index (χ2n) is 20.6. The Labute approximate surface area is 479 Å². The number of hydrogen-bond donors (Lipinski definition) is 0. The average Bonchev–Trinajstić information content (AvgIpc) is 3.43. The van der Waals surface area contributed by atoms with Gasteiger partial charge in [-0.1, -0.05) is 200 Å². The van der Waals surface area contributed by atoms with Crippen molar-refractivity contribution in [3.63, 3.8) is 0 Å². The lowest BCUT2D eigenvalue weighted by Crippen LogP contribution is -2.10. The maximum absolute atomic E-state index is 2.41. The van der Waals surface area contributed by atoms with Gasteiger partial charge in [-0.3, -0.25) is 0 Å². The molecule has 0 aliphatic rings. The zero-order valence-corrected chi connectivity index (χ0v) is 45.1. The molecule has 0 atom stereocenters. The van der Waals surface area contributed by atoms with Crippen LogP contribution in [0, 0.1) is 0 Å². The van der Waals surface area contributed by atoms with Crippen molar-refractivity contribution >= 4 is 101 Å². The van der Waals surface area contributed by atoms with Crippen LogP contribution in [-0.4, -0.2) is 0 Å². The Balaban J connectivity index is 0.768. The number of para-hydroxylation sites is 5. The molecule has 0 bridgehead atoms. The van der Waals surface area contributed by atoms with Gasteiger partial charge in [0.25, 0.3) is 0 Å². The van der Waals surface area contributed by atoms with Crippen molar-refractivity contribution in [2.45, 2.75) is 0 Å². The lowest BCUT2D eigenvalue weighted by Gasteiger charge is -2.28. The summed E-state index contributed by atoms with van der Waals surface area (Å²) in [6.45, 7) is 0. The molecule has 14 rings (SSSR count). The van der Waals surface area contributed by atoms with Crippen LogP contribution in [0.1, 0.15) is 0 Å². The van der Waals surface area contributed by atoms with E-state index in [9.17, 15) is 0 Å². The van der Waals surface area contributed by atoms with E-state index in [-0.39, 0.29) is 0 Å². The smallest absolute Gasteiger partial charge is 0.0540 e. The van der Waals surface area contributed by atoms with Crippen LogP contribution >= 0.6 is 0 Å². The van der Waals surface area contributed by atoms with Gasteiger partial charge in [0.1, 0.15) is 0 Å². The van der Waals surface area contributed by atoms with Crippen LogP contribution < -0.4 is 19.6 Å². The molecule has 0 aliphatic carbocycles. The Hall–Kier alpha value is -10.9. The van der Waals surface area contributed by atoms with Gasteiger partial charge in [0, 0.05) is 67.9 Å². The van der Waals surface area contributed by atoms with Crippen molar-refractivity contribution < 1.29 is 0 Å². The summed E-state index contributed by atoms with van der Waals surface area (Å²) in [6, 6.07) is 122. The summed E-state index contributed by atoms with van der Waals surface area (Å²) < 4.78 is 0.